The minimum atomic E-state index is 0.271. The molecule has 0 aromatic heterocycles. The SMILES string of the molecule is Cc1ccc(CC(=O)N2CCN(CC3CCCNC3)CC2)cc1. The second-order valence-corrected chi connectivity index (χ2v) is 7.06. The molecule has 2 aliphatic rings. The van der Waals surface area contributed by atoms with Gasteiger partial charge < -0.3 is 10.2 Å². The predicted octanol–water partition coefficient (Wildman–Crippen LogP) is 1.68. The molecule has 0 saturated carbocycles. The van der Waals surface area contributed by atoms with E-state index in [0.29, 0.717) is 6.42 Å². The highest BCUT2D eigenvalue weighted by molar-refractivity contribution is 5.78. The summed E-state index contributed by atoms with van der Waals surface area (Å²) < 4.78 is 0. The number of piperidine rings is 1. The molecular weight excluding hydrogens is 286 g/mol. The summed E-state index contributed by atoms with van der Waals surface area (Å²) in [7, 11) is 0. The van der Waals surface area contributed by atoms with Crippen LogP contribution in [0.25, 0.3) is 0 Å². The van der Waals surface area contributed by atoms with Crippen molar-refractivity contribution < 1.29 is 4.79 Å². The molecule has 1 amide bonds. The molecule has 1 unspecified atom stereocenters. The van der Waals surface area contributed by atoms with Crippen molar-refractivity contribution in [1.82, 2.24) is 15.1 Å². The fourth-order valence-corrected chi connectivity index (χ4v) is 3.62. The Morgan fingerprint density at radius 3 is 2.57 bits per heavy atom. The Kier molecular flexibility index (Phi) is 5.68. The van der Waals surface area contributed by atoms with E-state index in [9.17, 15) is 4.79 Å². The Hall–Kier alpha value is -1.39. The van der Waals surface area contributed by atoms with Gasteiger partial charge in [-0.05, 0) is 44.3 Å². The summed E-state index contributed by atoms with van der Waals surface area (Å²) in [5.41, 5.74) is 2.36. The lowest BCUT2D eigenvalue weighted by molar-refractivity contribution is -0.132. The van der Waals surface area contributed by atoms with Crippen LogP contribution in [0.5, 0.6) is 0 Å². The third kappa shape index (κ3) is 4.79. The first-order valence-corrected chi connectivity index (χ1v) is 8.97. The third-order valence-corrected chi connectivity index (χ3v) is 5.12. The fraction of sp³-hybridized carbons (Fsp3) is 0.632. The minimum absolute atomic E-state index is 0.271. The van der Waals surface area contributed by atoms with Gasteiger partial charge in [-0.3, -0.25) is 9.69 Å². The number of hydrogen-bond acceptors (Lipinski definition) is 3. The molecule has 1 aromatic carbocycles. The van der Waals surface area contributed by atoms with Crippen LogP contribution in [0.3, 0.4) is 0 Å². The molecule has 0 spiro atoms. The van der Waals surface area contributed by atoms with Crippen LogP contribution in [-0.4, -0.2) is 61.5 Å². The van der Waals surface area contributed by atoms with Gasteiger partial charge in [0.15, 0.2) is 0 Å². The van der Waals surface area contributed by atoms with Gasteiger partial charge in [-0.25, -0.2) is 0 Å². The number of piperazine rings is 1. The van der Waals surface area contributed by atoms with Gasteiger partial charge in [-0.1, -0.05) is 29.8 Å². The molecule has 23 heavy (non-hydrogen) atoms. The van der Waals surface area contributed by atoms with Crippen molar-refractivity contribution in [3.63, 3.8) is 0 Å². The van der Waals surface area contributed by atoms with Crippen molar-refractivity contribution >= 4 is 5.91 Å². The molecule has 1 N–H and O–H groups in total. The van der Waals surface area contributed by atoms with Gasteiger partial charge in [-0.2, -0.15) is 0 Å². The number of benzene rings is 1. The van der Waals surface area contributed by atoms with Gasteiger partial charge >= 0.3 is 0 Å². The molecule has 0 bridgehead atoms. The van der Waals surface area contributed by atoms with Crippen LogP contribution in [0.4, 0.5) is 0 Å². The van der Waals surface area contributed by atoms with Crippen molar-refractivity contribution in [2.24, 2.45) is 5.92 Å². The molecule has 2 saturated heterocycles. The Morgan fingerprint density at radius 1 is 1.17 bits per heavy atom. The zero-order valence-corrected chi connectivity index (χ0v) is 14.3. The topological polar surface area (TPSA) is 35.6 Å². The standard InChI is InChI=1S/C19H29N3O/c1-16-4-6-17(7-5-16)13-19(23)22-11-9-21(10-12-22)15-18-3-2-8-20-14-18/h4-7,18,20H,2-3,8-15H2,1H3. The van der Waals surface area contributed by atoms with Crippen molar-refractivity contribution in [2.75, 3.05) is 45.8 Å². The first-order chi connectivity index (χ1) is 11.2. The molecular formula is C19H29N3O. The number of carbonyl (C=O) groups is 1. The van der Waals surface area contributed by atoms with E-state index in [1.54, 1.807) is 0 Å². The van der Waals surface area contributed by atoms with E-state index >= 15 is 0 Å². The summed E-state index contributed by atoms with van der Waals surface area (Å²) in [6.07, 6.45) is 3.19. The highest BCUT2D eigenvalue weighted by Gasteiger charge is 2.23. The molecule has 0 radical (unpaired) electrons. The van der Waals surface area contributed by atoms with E-state index in [1.807, 2.05) is 4.90 Å². The Balaban J connectivity index is 1.42. The number of rotatable bonds is 4. The lowest BCUT2D eigenvalue weighted by Crippen LogP contribution is -2.51. The van der Waals surface area contributed by atoms with Crippen LogP contribution in [0.2, 0.25) is 0 Å². The summed E-state index contributed by atoms with van der Waals surface area (Å²) in [6.45, 7) is 9.41. The summed E-state index contributed by atoms with van der Waals surface area (Å²) in [5.74, 6) is 1.06. The lowest BCUT2D eigenvalue weighted by Gasteiger charge is -2.37. The summed E-state index contributed by atoms with van der Waals surface area (Å²) in [5, 5.41) is 3.49. The molecule has 2 heterocycles. The number of amides is 1. The molecule has 126 valence electrons. The van der Waals surface area contributed by atoms with Crippen molar-refractivity contribution in [1.29, 1.82) is 0 Å². The molecule has 2 fully saturated rings. The molecule has 3 rings (SSSR count). The number of nitrogens with zero attached hydrogens (tertiary/aromatic N) is 2. The second-order valence-electron chi connectivity index (χ2n) is 7.06. The maximum absolute atomic E-state index is 12.4. The molecule has 2 aliphatic heterocycles. The number of nitrogens with one attached hydrogen (secondary N) is 1. The van der Waals surface area contributed by atoms with Crippen molar-refractivity contribution in [3.8, 4) is 0 Å². The normalized spacial score (nSPS) is 23.0. The highest BCUT2D eigenvalue weighted by atomic mass is 16.2. The van der Waals surface area contributed by atoms with E-state index in [4.69, 9.17) is 0 Å². The van der Waals surface area contributed by atoms with E-state index in [2.05, 4.69) is 41.4 Å². The second kappa shape index (κ2) is 7.93. The monoisotopic (exact) mass is 315 g/mol. The largest absolute Gasteiger partial charge is 0.340 e. The van der Waals surface area contributed by atoms with Crippen molar-refractivity contribution in [2.45, 2.75) is 26.2 Å². The van der Waals surface area contributed by atoms with Crippen molar-refractivity contribution in [3.05, 3.63) is 35.4 Å². The predicted molar refractivity (Wildman–Crippen MR) is 93.5 cm³/mol. The Bertz CT molecular complexity index is 500. The first-order valence-electron chi connectivity index (χ1n) is 8.97. The maximum Gasteiger partial charge on any atom is 0.227 e. The summed E-state index contributed by atoms with van der Waals surface area (Å²) in [4.78, 5) is 17.0. The van der Waals surface area contributed by atoms with Crippen LogP contribution in [0, 0.1) is 12.8 Å². The maximum atomic E-state index is 12.4. The average Bonchev–Trinajstić information content (AvgIpc) is 2.58. The van der Waals surface area contributed by atoms with E-state index in [0.717, 1.165) is 44.2 Å². The number of hydrogen-bond donors (Lipinski definition) is 1. The van der Waals surface area contributed by atoms with Crippen LogP contribution >= 0.6 is 0 Å². The molecule has 0 aliphatic carbocycles. The number of carbonyl (C=O) groups excluding carboxylic acids is 1. The van der Waals surface area contributed by atoms with Gasteiger partial charge in [0.05, 0.1) is 6.42 Å². The summed E-state index contributed by atoms with van der Waals surface area (Å²) >= 11 is 0. The quantitative estimate of drug-likeness (QED) is 0.918. The van der Waals surface area contributed by atoms with E-state index in [-0.39, 0.29) is 5.91 Å². The van der Waals surface area contributed by atoms with E-state index in [1.165, 1.54) is 31.5 Å². The van der Waals surface area contributed by atoms with Gasteiger partial charge in [-0.15, -0.1) is 0 Å². The van der Waals surface area contributed by atoms with Crippen LogP contribution in [-0.2, 0) is 11.2 Å². The minimum Gasteiger partial charge on any atom is -0.340 e. The van der Waals surface area contributed by atoms with Crippen LogP contribution < -0.4 is 5.32 Å². The Morgan fingerprint density at radius 2 is 1.91 bits per heavy atom. The van der Waals surface area contributed by atoms with Gasteiger partial charge in [0.25, 0.3) is 0 Å². The van der Waals surface area contributed by atoms with Gasteiger partial charge in [0, 0.05) is 32.7 Å². The third-order valence-electron chi connectivity index (χ3n) is 5.12. The summed E-state index contributed by atoms with van der Waals surface area (Å²) in [6, 6.07) is 8.30. The van der Waals surface area contributed by atoms with Crippen LogP contribution in [0.15, 0.2) is 24.3 Å². The highest BCUT2D eigenvalue weighted by Crippen LogP contribution is 2.14. The number of aryl methyl sites for hydroxylation is 1. The lowest BCUT2D eigenvalue weighted by atomic mass is 9.99. The average molecular weight is 315 g/mol. The fourth-order valence-electron chi connectivity index (χ4n) is 3.62. The van der Waals surface area contributed by atoms with E-state index < -0.39 is 0 Å². The zero-order chi connectivity index (χ0) is 16.1. The van der Waals surface area contributed by atoms with Gasteiger partial charge in [0.2, 0.25) is 5.91 Å². The molecule has 4 nitrogen and oxygen atoms in total. The first kappa shape index (κ1) is 16.5. The molecule has 1 atom stereocenters. The van der Waals surface area contributed by atoms with Gasteiger partial charge in [0.1, 0.15) is 0 Å². The smallest absolute Gasteiger partial charge is 0.227 e. The zero-order valence-electron chi connectivity index (χ0n) is 14.3. The molecule has 1 aromatic rings. The van der Waals surface area contributed by atoms with Crippen LogP contribution in [0.1, 0.15) is 24.0 Å². The Labute approximate surface area is 139 Å². The molecule has 4 heteroatoms.